The van der Waals surface area contributed by atoms with Crippen LogP contribution in [0.5, 0.6) is 0 Å². The Labute approximate surface area is 313 Å². The zero-order valence-corrected chi connectivity index (χ0v) is 31.3. The molecule has 12 nitrogen and oxygen atoms in total. The fourth-order valence-corrected chi connectivity index (χ4v) is 6.54. The van der Waals surface area contributed by atoms with Crippen LogP contribution in [0.15, 0.2) is 60.8 Å². The Balaban J connectivity index is 1.65. The molecule has 0 saturated heterocycles. The molecule has 3 aromatic rings. The Morgan fingerprint density at radius 3 is 2.25 bits per heavy atom. The van der Waals surface area contributed by atoms with Gasteiger partial charge in [-0.2, -0.15) is 11.8 Å². The fraction of sp³-hybridized carbons (Fsp3) is 0.447. The number of nitrogens with zero attached hydrogens (tertiary/aromatic N) is 2. The highest BCUT2D eigenvalue weighted by Crippen LogP contribution is 2.41. The molecule has 3 rings (SSSR count). The van der Waals surface area contributed by atoms with E-state index in [1.165, 1.54) is 17.8 Å². The molecule has 0 aliphatic carbocycles. The predicted molar refractivity (Wildman–Crippen MR) is 201 cm³/mol. The van der Waals surface area contributed by atoms with E-state index in [9.17, 15) is 28.4 Å². The zero-order valence-electron chi connectivity index (χ0n) is 30.5. The van der Waals surface area contributed by atoms with Crippen molar-refractivity contribution in [3.8, 4) is 11.1 Å². The number of carboxylic acids is 1. The summed E-state index contributed by atoms with van der Waals surface area (Å²) < 4.78 is 31.3. The Morgan fingerprint density at radius 2 is 1.58 bits per heavy atom. The molecule has 1 aromatic heterocycles. The molecule has 0 aliphatic heterocycles. The summed E-state index contributed by atoms with van der Waals surface area (Å²) in [5.41, 5.74) is 7.81. The quantitative estimate of drug-likeness (QED) is 0.101. The van der Waals surface area contributed by atoms with Gasteiger partial charge in [-0.05, 0) is 48.2 Å². The minimum atomic E-state index is -1.11. The fourth-order valence-electron chi connectivity index (χ4n) is 5.72. The number of hydrogen-bond acceptors (Lipinski definition) is 7. The summed E-state index contributed by atoms with van der Waals surface area (Å²) in [5, 5.41) is 16.2. The first-order chi connectivity index (χ1) is 25.2. The van der Waals surface area contributed by atoms with Crippen molar-refractivity contribution in [2.75, 3.05) is 44.2 Å². The van der Waals surface area contributed by atoms with Crippen molar-refractivity contribution in [3.05, 3.63) is 83.7 Å². The lowest BCUT2D eigenvalue weighted by Crippen LogP contribution is -2.44. The number of nitrogens with one attached hydrogen (secondary N) is 3. The third-order valence-electron chi connectivity index (χ3n) is 8.18. The van der Waals surface area contributed by atoms with E-state index in [1.54, 1.807) is 11.1 Å². The van der Waals surface area contributed by atoms with Crippen molar-refractivity contribution in [2.45, 2.75) is 59.0 Å². The number of halogens is 2. The summed E-state index contributed by atoms with van der Waals surface area (Å²) in [4.78, 5) is 62.2. The molecule has 0 saturated carbocycles. The Kier molecular flexibility index (Phi) is 17.0. The number of carboxylic acid groups (broad SMARTS) is 1. The molecule has 15 heteroatoms. The first-order valence-corrected chi connectivity index (χ1v) is 18.6. The lowest BCUT2D eigenvalue weighted by Gasteiger charge is -2.41. The van der Waals surface area contributed by atoms with Crippen molar-refractivity contribution in [2.24, 2.45) is 11.1 Å². The van der Waals surface area contributed by atoms with Gasteiger partial charge in [-0.25, -0.2) is 8.78 Å². The van der Waals surface area contributed by atoms with Gasteiger partial charge in [-0.1, -0.05) is 51.1 Å². The number of thioether (sulfide) groups is 1. The second-order valence-electron chi connectivity index (χ2n) is 13.6. The van der Waals surface area contributed by atoms with Gasteiger partial charge in [0.2, 0.25) is 23.6 Å². The Hall–Kier alpha value is -4.76. The molecular formula is C38H50F2N6O6S. The van der Waals surface area contributed by atoms with E-state index in [-0.39, 0.29) is 62.0 Å². The Bertz CT molecular complexity index is 1700. The molecule has 288 valence electrons. The second kappa shape index (κ2) is 21.1. The largest absolute Gasteiger partial charge is 0.481 e. The molecule has 4 amide bonds. The third-order valence-corrected chi connectivity index (χ3v) is 9.12. The highest BCUT2D eigenvalue weighted by Gasteiger charge is 2.37. The lowest BCUT2D eigenvalue weighted by molar-refractivity contribution is -0.139. The SMILES string of the molecule is CC(C)(C)[C@H](c1cc(-c2cc(F)ccc2F)cn1Cc1ccccc1)N(CCCN)C(=O)CSCCC(=O)NCCNC(=O)CNC(=O)CCC(=O)O. The number of aromatic nitrogens is 1. The number of carbonyl (C=O) groups is 5. The Morgan fingerprint density at radius 1 is 0.906 bits per heavy atom. The van der Waals surface area contributed by atoms with Crippen molar-refractivity contribution >= 4 is 41.4 Å². The molecule has 0 fully saturated rings. The molecule has 0 radical (unpaired) electrons. The van der Waals surface area contributed by atoms with E-state index in [2.05, 4.69) is 16.0 Å². The summed E-state index contributed by atoms with van der Waals surface area (Å²) in [5.74, 6) is -3.19. The third kappa shape index (κ3) is 14.3. The standard InChI is InChI=1S/C38H50F2N6O6S/c1-38(2,3)37(31-20-27(29-21-28(39)10-11-30(29)40)24-45(31)23-26-8-5-4-6-9-26)46(18-7-15-41)35(50)25-53-19-14-33(48)42-16-17-43-34(49)22-44-32(47)12-13-36(51)52/h4-6,8-11,20-21,24,37H,7,12-19,22-23,25,41H2,1-3H3,(H,42,48)(H,43,49)(H,44,47)(H,51,52)/t37-/m0/s1. The molecule has 0 spiro atoms. The highest BCUT2D eigenvalue weighted by molar-refractivity contribution is 7.99. The van der Waals surface area contributed by atoms with E-state index < -0.39 is 40.9 Å². The minimum Gasteiger partial charge on any atom is -0.481 e. The topological polar surface area (TPSA) is 176 Å². The van der Waals surface area contributed by atoms with Crippen LogP contribution in [0.4, 0.5) is 8.78 Å². The van der Waals surface area contributed by atoms with E-state index in [0.717, 1.165) is 23.4 Å². The average molecular weight is 757 g/mol. The molecular weight excluding hydrogens is 707 g/mol. The number of carbonyl (C=O) groups excluding carboxylic acids is 4. The number of aliphatic carboxylic acids is 1. The van der Waals surface area contributed by atoms with Crippen molar-refractivity contribution in [1.82, 2.24) is 25.4 Å². The van der Waals surface area contributed by atoms with Gasteiger partial charge in [-0.3, -0.25) is 24.0 Å². The normalized spacial score (nSPS) is 11.8. The van der Waals surface area contributed by atoms with E-state index in [1.807, 2.05) is 61.7 Å². The van der Waals surface area contributed by atoms with Gasteiger partial charge in [0.05, 0.1) is 24.8 Å². The van der Waals surface area contributed by atoms with Crippen molar-refractivity contribution in [1.29, 1.82) is 0 Å². The molecule has 0 aliphatic rings. The zero-order chi connectivity index (χ0) is 39.0. The van der Waals surface area contributed by atoms with Gasteiger partial charge in [0.1, 0.15) is 11.6 Å². The van der Waals surface area contributed by atoms with Crippen LogP contribution in [0.1, 0.15) is 63.8 Å². The van der Waals surface area contributed by atoms with Crippen LogP contribution in [0.25, 0.3) is 11.1 Å². The molecule has 0 bridgehead atoms. The number of hydrogen-bond donors (Lipinski definition) is 5. The molecule has 1 heterocycles. The van der Waals surface area contributed by atoms with Gasteiger partial charge in [0.15, 0.2) is 0 Å². The van der Waals surface area contributed by atoms with Crippen LogP contribution in [0, 0.1) is 17.0 Å². The molecule has 0 unspecified atom stereocenters. The lowest BCUT2D eigenvalue weighted by atomic mass is 9.83. The van der Waals surface area contributed by atoms with Crippen LogP contribution in [0.3, 0.4) is 0 Å². The maximum Gasteiger partial charge on any atom is 0.303 e. The van der Waals surface area contributed by atoms with Crippen LogP contribution in [-0.4, -0.2) is 88.4 Å². The van der Waals surface area contributed by atoms with Gasteiger partial charge in [0.25, 0.3) is 0 Å². The number of benzene rings is 2. The highest BCUT2D eigenvalue weighted by atomic mass is 32.2. The second-order valence-corrected chi connectivity index (χ2v) is 14.7. The summed E-state index contributed by atoms with van der Waals surface area (Å²) in [6.45, 7) is 7.25. The van der Waals surface area contributed by atoms with Crippen LogP contribution in [-0.2, 0) is 30.5 Å². The monoisotopic (exact) mass is 756 g/mol. The number of amides is 4. The molecule has 6 N–H and O–H groups in total. The summed E-state index contributed by atoms with van der Waals surface area (Å²) in [7, 11) is 0. The van der Waals surface area contributed by atoms with Gasteiger partial charge < -0.3 is 36.3 Å². The van der Waals surface area contributed by atoms with Crippen LogP contribution >= 0.6 is 11.8 Å². The maximum atomic E-state index is 15.0. The van der Waals surface area contributed by atoms with Crippen LogP contribution in [0.2, 0.25) is 0 Å². The van der Waals surface area contributed by atoms with Crippen molar-refractivity contribution in [3.63, 3.8) is 0 Å². The van der Waals surface area contributed by atoms with Gasteiger partial charge in [0, 0.05) is 67.8 Å². The van der Waals surface area contributed by atoms with Crippen LogP contribution < -0.4 is 21.7 Å². The molecule has 1 atom stereocenters. The predicted octanol–water partition coefficient (Wildman–Crippen LogP) is 4.08. The minimum absolute atomic E-state index is 0.101. The van der Waals surface area contributed by atoms with Gasteiger partial charge >= 0.3 is 5.97 Å². The molecule has 53 heavy (non-hydrogen) atoms. The summed E-state index contributed by atoms with van der Waals surface area (Å²) in [6.07, 6.45) is 1.92. The number of rotatable bonds is 21. The maximum absolute atomic E-state index is 15.0. The smallest absolute Gasteiger partial charge is 0.303 e. The van der Waals surface area contributed by atoms with E-state index >= 15 is 4.39 Å². The summed E-state index contributed by atoms with van der Waals surface area (Å²) >= 11 is 1.32. The van der Waals surface area contributed by atoms with E-state index in [4.69, 9.17) is 10.8 Å². The average Bonchev–Trinajstić information content (AvgIpc) is 3.51. The molecule has 2 aromatic carbocycles. The van der Waals surface area contributed by atoms with Crippen molar-refractivity contribution < 1.29 is 37.9 Å². The van der Waals surface area contributed by atoms with Gasteiger partial charge in [-0.15, -0.1) is 0 Å². The first-order valence-electron chi connectivity index (χ1n) is 17.5. The first kappa shape index (κ1) is 42.7. The van der Waals surface area contributed by atoms with E-state index in [0.29, 0.717) is 37.4 Å². The number of nitrogens with two attached hydrogens (primary N) is 1. The summed E-state index contributed by atoms with van der Waals surface area (Å²) in [6, 6.07) is 14.5.